The molecule has 0 bridgehead atoms. The number of H-pyrrole nitrogens is 2. The fraction of sp³-hybridized carbons (Fsp3) is 0.154. The number of amides is 1. The zero-order chi connectivity index (χ0) is 24.4. The van der Waals surface area contributed by atoms with Gasteiger partial charge in [0, 0.05) is 23.4 Å². The Kier molecular flexibility index (Phi) is 6.15. The third-order valence-electron chi connectivity index (χ3n) is 5.79. The maximum atomic E-state index is 12.7. The van der Waals surface area contributed by atoms with Crippen LogP contribution in [0.2, 0.25) is 0 Å². The average molecular weight is 486 g/mol. The number of hydrogen-bond donors (Lipinski definition) is 3. The largest absolute Gasteiger partial charge is 0.336 e. The lowest BCUT2D eigenvalue weighted by atomic mass is 9.91. The molecular formula is C26H23N5O3S. The summed E-state index contributed by atoms with van der Waals surface area (Å²) in [6, 6.07) is 21.4. The van der Waals surface area contributed by atoms with E-state index in [1.807, 2.05) is 72.1 Å². The van der Waals surface area contributed by atoms with Crippen LogP contribution in [-0.2, 0) is 17.8 Å². The minimum Gasteiger partial charge on any atom is -0.336 e. The highest BCUT2D eigenvalue weighted by molar-refractivity contribution is 7.09. The number of anilines is 1. The van der Waals surface area contributed by atoms with E-state index >= 15 is 0 Å². The Labute approximate surface area is 204 Å². The van der Waals surface area contributed by atoms with Gasteiger partial charge in [-0.15, -0.1) is 11.3 Å². The SMILES string of the molecule is CC(=O)Nc1ccc(C(Cc2ccccc2)c2nc3c([nH]2)c(=O)[nH]c(=O)n3Cc2cccs2)cc1. The lowest BCUT2D eigenvalue weighted by Gasteiger charge is -2.16. The lowest BCUT2D eigenvalue weighted by molar-refractivity contribution is -0.114. The van der Waals surface area contributed by atoms with Crippen molar-refractivity contribution in [3.8, 4) is 0 Å². The van der Waals surface area contributed by atoms with Gasteiger partial charge >= 0.3 is 5.69 Å². The van der Waals surface area contributed by atoms with Crippen LogP contribution in [0.5, 0.6) is 0 Å². The molecule has 0 aliphatic carbocycles. The molecule has 1 amide bonds. The first-order valence-electron chi connectivity index (χ1n) is 11.1. The molecule has 2 aromatic carbocycles. The van der Waals surface area contributed by atoms with Gasteiger partial charge in [0.2, 0.25) is 5.91 Å². The first-order chi connectivity index (χ1) is 17.0. The minimum atomic E-state index is -0.495. The van der Waals surface area contributed by atoms with Crippen molar-refractivity contribution in [1.82, 2.24) is 19.5 Å². The average Bonchev–Trinajstić information content (AvgIpc) is 3.52. The van der Waals surface area contributed by atoms with Gasteiger partial charge in [-0.1, -0.05) is 48.5 Å². The van der Waals surface area contributed by atoms with Crippen LogP contribution in [0.4, 0.5) is 5.69 Å². The van der Waals surface area contributed by atoms with Crippen LogP contribution in [0.1, 0.15) is 34.7 Å². The molecule has 0 saturated carbocycles. The van der Waals surface area contributed by atoms with Crippen molar-refractivity contribution >= 4 is 34.1 Å². The number of thiophene rings is 1. The highest BCUT2D eigenvalue weighted by Gasteiger charge is 2.22. The Morgan fingerprint density at radius 1 is 1.03 bits per heavy atom. The van der Waals surface area contributed by atoms with Crippen molar-refractivity contribution in [2.24, 2.45) is 0 Å². The maximum Gasteiger partial charge on any atom is 0.330 e. The minimum absolute atomic E-state index is 0.140. The van der Waals surface area contributed by atoms with Gasteiger partial charge in [0.05, 0.1) is 6.54 Å². The number of rotatable bonds is 7. The molecule has 1 unspecified atom stereocenters. The van der Waals surface area contributed by atoms with Crippen molar-refractivity contribution in [3.05, 3.63) is 115 Å². The van der Waals surface area contributed by atoms with E-state index in [4.69, 9.17) is 4.98 Å². The van der Waals surface area contributed by atoms with Gasteiger partial charge < -0.3 is 10.3 Å². The Hall–Kier alpha value is -4.24. The lowest BCUT2D eigenvalue weighted by Crippen LogP contribution is -2.30. The van der Waals surface area contributed by atoms with Crippen LogP contribution in [0.15, 0.2) is 81.7 Å². The fourth-order valence-corrected chi connectivity index (χ4v) is 4.85. The van der Waals surface area contributed by atoms with Crippen LogP contribution < -0.4 is 16.6 Å². The molecule has 35 heavy (non-hydrogen) atoms. The quantitative estimate of drug-likeness (QED) is 0.325. The molecule has 3 aromatic heterocycles. The van der Waals surface area contributed by atoms with Crippen molar-refractivity contribution in [1.29, 1.82) is 0 Å². The number of nitrogens with one attached hydrogen (secondary N) is 3. The van der Waals surface area contributed by atoms with Gasteiger partial charge in [0.1, 0.15) is 11.3 Å². The standard InChI is InChI=1S/C26H23N5O3S/c1-16(32)27-19-11-9-18(10-12-19)21(14-17-6-3-2-4-7-17)23-28-22-24(29-23)31(26(34)30-25(22)33)15-20-8-5-13-35-20/h2-13,21H,14-15H2,1H3,(H,27,32)(H,28,29)(H,30,33,34). The zero-order valence-electron chi connectivity index (χ0n) is 18.9. The van der Waals surface area contributed by atoms with Gasteiger partial charge in [-0.3, -0.25) is 19.1 Å². The predicted molar refractivity (Wildman–Crippen MR) is 137 cm³/mol. The summed E-state index contributed by atoms with van der Waals surface area (Å²) >= 11 is 1.54. The van der Waals surface area contributed by atoms with Crippen molar-refractivity contribution < 1.29 is 4.79 Å². The Morgan fingerprint density at radius 3 is 2.49 bits per heavy atom. The first-order valence-corrected chi connectivity index (χ1v) is 12.0. The van der Waals surface area contributed by atoms with Crippen LogP contribution in [0.25, 0.3) is 11.2 Å². The monoisotopic (exact) mass is 485 g/mol. The number of carbonyl (C=O) groups is 1. The van der Waals surface area contributed by atoms with Crippen molar-refractivity contribution in [3.63, 3.8) is 0 Å². The third kappa shape index (κ3) is 4.85. The van der Waals surface area contributed by atoms with Crippen LogP contribution in [0.3, 0.4) is 0 Å². The highest BCUT2D eigenvalue weighted by Crippen LogP contribution is 2.29. The number of carbonyl (C=O) groups excluding carboxylic acids is 1. The summed E-state index contributed by atoms with van der Waals surface area (Å²) in [6.07, 6.45) is 0.632. The summed E-state index contributed by atoms with van der Waals surface area (Å²) in [4.78, 5) is 48.1. The molecule has 0 aliphatic rings. The summed E-state index contributed by atoms with van der Waals surface area (Å²) < 4.78 is 1.49. The molecule has 0 saturated heterocycles. The molecule has 0 fully saturated rings. The van der Waals surface area contributed by atoms with Crippen LogP contribution in [0, 0.1) is 0 Å². The number of hydrogen-bond acceptors (Lipinski definition) is 5. The van der Waals surface area contributed by atoms with Gasteiger partial charge in [-0.05, 0) is 41.1 Å². The van der Waals surface area contributed by atoms with Crippen LogP contribution in [-0.4, -0.2) is 25.4 Å². The zero-order valence-corrected chi connectivity index (χ0v) is 19.8. The van der Waals surface area contributed by atoms with E-state index in [2.05, 4.69) is 15.3 Å². The van der Waals surface area contributed by atoms with E-state index in [1.54, 1.807) is 0 Å². The summed E-state index contributed by atoms with van der Waals surface area (Å²) in [5.41, 5.74) is 2.38. The normalized spacial score (nSPS) is 12.0. The Balaban J connectivity index is 1.61. The molecule has 0 spiro atoms. The number of benzene rings is 2. The van der Waals surface area contributed by atoms with E-state index in [9.17, 15) is 14.4 Å². The fourth-order valence-electron chi connectivity index (χ4n) is 4.15. The second-order valence-corrected chi connectivity index (χ2v) is 9.32. The van der Waals surface area contributed by atoms with E-state index < -0.39 is 11.2 Å². The van der Waals surface area contributed by atoms with Crippen LogP contribution >= 0.6 is 11.3 Å². The highest BCUT2D eigenvalue weighted by atomic mass is 32.1. The van der Waals surface area contributed by atoms with Gasteiger partial charge in [0.25, 0.3) is 5.56 Å². The number of aromatic nitrogens is 4. The molecule has 1 atom stereocenters. The summed E-state index contributed by atoms with van der Waals surface area (Å²) in [5.74, 6) is 0.242. The Morgan fingerprint density at radius 2 is 1.80 bits per heavy atom. The molecule has 3 N–H and O–H groups in total. The summed E-state index contributed by atoms with van der Waals surface area (Å²) in [5, 5.41) is 4.72. The maximum absolute atomic E-state index is 12.7. The number of fused-ring (bicyclic) bond motifs is 1. The third-order valence-corrected chi connectivity index (χ3v) is 6.65. The van der Waals surface area contributed by atoms with Gasteiger partial charge in [-0.2, -0.15) is 0 Å². The number of imidazole rings is 1. The second kappa shape index (κ2) is 9.55. The van der Waals surface area contributed by atoms with E-state index in [0.29, 0.717) is 30.1 Å². The molecule has 3 heterocycles. The van der Waals surface area contributed by atoms with E-state index in [-0.39, 0.29) is 17.3 Å². The second-order valence-electron chi connectivity index (χ2n) is 8.29. The molecule has 5 aromatic rings. The first kappa shape index (κ1) is 22.5. The molecule has 5 rings (SSSR count). The topological polar surface area (TPSA) is 113 Å². The van der Waals surface area contributed by atoms with Gasteiger partial charge in [-0.25, -0.2) is 9.78 Å². The molecule has 9 heteroatoms. The Bertz CT molecular complexity index is 1580. The summed E-state index contributed by atoms with van der Waals surface area (Å²) in [6.45, 7) is 1.79. The van der Waals surface area contributed by atoms with Crippen molar-refractivity contribution in [2.45, 2.75) is 25.8 Å². The smallest absolute Gasteiger partial charge is 0.330 e. The summed E-state index contributed by atoms with van der Waals surface area (Å²) in [7, 11) is 0. The molecule has 0 aliphatic heterocycles. The van der Waals surface area contributed by atoms with E-state index in [1.165, 1.54) is 22.8 Å². The molecule has 176 valence electrons. The number of nitrogens with zero attached hydrogens (tertiary/aromatic N) is 2. The molecular weight excluding hydrogens is 462 g/mol. The van der Waals surface area contributed by atoms with Gasteiger partial charge in [0.15, 0.2) is 5.65 Å². The van der Waals surface area contributed by atoms with E-state index in [0.717, 1.165) is 16.0 Å². The number of aromatic amines is 2. The predicted octanol–water partition coefficient (Wildman–Crippen LogP) is 3.86. The molecule has 8 nitrogen and oxygen atoms in total. The van der Waals surface area contributed by atoms with Crippen molar-refractivity contribution in [2.75, 3.05) is 5.32 Å². The molecule has 0 radical (unpaired) electrons.